The maximum absolute atomic E-state index is 12.6. The first-order chi connectivity index (χ1) is 10.7. The third-order valence-electron chi connectivity index (χ3n) is 4.60. The lowest BCUT2D eigenvalue weighted by Crippen LogP contribution is -2.41. The zero-order valence-corrected chi connectivity index (χ0v) is 13.4. The Hall–Kier alpha value is -1.88. The normalized spacial score (nSPS) is 16.4. The fourth-order valence-corrected chi connectivity index (χ4v) is 3.31. The summed E-state index contributed by atoms with van der Waals surface area (Å²) in [4.78, 5) is 19.1. The molecular formula is C17H24N4O. The standard InChI is InChI=1S/C17H24N4O/c1-13-19-15-5-3-4-6-16(15)21(13)12-17(22)20-9-7-14(8-10-20)11-18-2/h3-6,14,18H,7-12H2,1-2H3. The summed E-state index contributed by atoms with van der Waals surface area (Å²) in [5.74, 6) is 1.80. The number of aryl methyl sites for hydroxylation is 1. The summed E-state index contributed by atoms with van der Waals surface area (Å²) in [6.07, 6.45) is 2.19. The van der Waals surface area contributed by atoms with E-state index in [0.29, 0.717) is 12.5 Å². The van der Waals surface area contributed by atoms with Crippen molar-refractivity contribution in [2.45, 2.75) is 26.3 Å². The Morgan fingerprint density at radius 2 is 2.05 bits per heavy atom. The van der Waals surface area contributed by atoms with E-state index in [1.54, 1.807) is 0 Å². The van der Waals surface area contributed by atoms with E-state index in [-0.39, 0.29) is 5.91 Å². The number of nitrogens with zero attached hydrogens (tertiary/aromatic N) is 3. The zero-order valence-electron chi connectivity index (χ0n) is 13.4. The smallest absolute Gasteiger partial charge is 0.242 e. The van der Waals surface area contributed by atoms with Crippen molar-refractivity contribution >= 4 is 16.9 Å². The maximum atomic E-state index is 12.6. The topological polar surface area (TPSA) is 50.2 Å². The number of likely N-dealkylation sites (tertiary alicyclic amines) is 1. The number of hydrogen-bond acceptors (Lipinski definition) is 3. The highest BCUT2D eigenvalue weighted by atomic mass is 16.2. The Kier molecular flexibility index (Phi) is 4.43. The van der Waals surface area contributed by atoms with E-state index in [4.69, 9.17) is 0 Å². The van der Waals surface area contributed by atoms with Crippen molar-refractivity contribution in [2.75, 3.05) is 26.7 Å². The molecular weight excluding hydrogens is 276 g/mol. The highest BCUT2D eigenvalue weighted by molar-refractivity contribution is 5.81. The molecule has 5 heteroatoms. The van der Waals surface area contributed by atoms with Crippen LogP contribution in [0.4, 0.5) is 0 Å². The van der Waals surface area contributed by atoms with Gasteiger partial charge < -0.3 is 14.8 Å². The molecule has 0 radical (unpaired) electrons. The number of carbonyl (C=O) groups excluding carboxylic acids is 1. The summed E-state index contributed by atoms with van der Waals surface area (Å²) in [6.45, 7) is 5.15. The molecule has 2 aromatic rings. The van der Waals surface area contributed by atoms with E-state index >= 15 is 0 Å². The van der Waals surface area contributed by atoms with Crippen LogP contribution in [0.1, 0.15) is 18.7 Å². The van der Waals surface area contributed by atoms with Gasteiger partial charge in [0.1, 0.15) is 12.4 Å². The Bertz CT molecular complexity index is 656. The van der Waals surface area contributed by atoms with E-state index < -0.39 is 0 Å². The molecule has 0 atom stereocenters. The highest BCUT2D eigenvalue weighted by Crippen LogP contribution is 2.19. The maximum Gasteiger partial charge on any atom is 0.242 e. The average Bonchev–Trinajstić information content (AvgIpc) is 2.84. The van der Waals surface area contributed by atoms with Gasteiger partial charge in [-0.05, 0) is 51.4 Å². The lowest BCUT2D eigenvalue weighted by atomic mass is 9.97. The Morgan fingerprint density at radius 3 is 2.77 bits per heavy atom. The SMILES string of the molecule is CNCC1CCN(C(=O)Cn2c(C)nc3ccccc32)CC1. The molecule has 0 bridgehead atoms. The number of benzene rings is 1. The minimum Gasteiger partial charge on any atom is -0.341 e. The largest absolute Gasteiger partial charge is 0.341 e. The predicted molar refractivity (Wildman–Crippen MR) is 87.7 cm³/mol. The molecule has 1 aromatic heterocycles. The molecule has 0 aliphatic carbocycles. The third kappa shape index (κ3) is 2.99. The molecule has 1 fully saturated rings. The van der Waals surface area contributed by atoms with Crippen LogP contribution in [0.3, 0.4) is 0 Å². The van der Waals surface area contributed by atoms with Gasteiger partial charge in [0, 0.05) is 13.1 Å². The summed E-state index contributed by atoms with van der Waals surface area (Å²) in [5, 5.41) is 3.23. The van der Waals surface area contributed by atoms with Gasteiger partial charge in [-0.25, -0.2) is 4.98 Å². The van der Waals surface area contributed by atoms with Crippen LogP contribution in [-0.2, 0) is 11.3 Å². The van der Waals surface area contributed by atoms with Gasteiger partial charge in [-0.1, -0.05) is 12.1 Å². The van der Waals surface area contributed by atoms with Gasteiger partial charge >= 0.3 is 0 Å². The van der Waals surface area contributed by atoms with Gasteiger partial charge in [-0.3, -0.25) is 4.79 Å². The van der Waals surface area contributed by atoms with Crippen molar-refractivity contribution in [1.82, 2.24) is 19.8 Å². The molecule has 118 valence electrons. The number of rotatable bonds is 4. The lowest BCUT2D eigenvalue weighted by molar-refractivity contribution is -0.133. The summed E-state index contributed by atoms with van der Waals surface area (Å²) in [6, 6.07) is 8.00. The minimum absolute atomic E-state index is 0.203. The molecule has 0 unspecified atom stereocenters. The summed E-state index contributed by atoms with van der Waals surface area (Å²) in [7, 11) is 1.99. The van der Waals surface area contributed by atoms with E-state index in [0.717, 1.165) is 49.3 Å². The van der Waals surface area contributed by atoms with Crippen molar-refractivity contribution < 1.29 is 4.79 Å². The van der Waals surface area contributed by atoms with Crippen LogP contribution in [0, 0.1) is 12.8 Å². The average molecular weight is 300 g/mol. The van der Waals surface area contributed by atoms with E-state index in [1.165, 1.54) is 0 Å². The van der Waals surface area contributed by atoms with Crippen LogP contribution in [0.2, 0.25) is 0 Å². The number of amides is 1. The number of para-hydroxylation sites is 2. The van der Waals surface area contributed by atoms with Crippen LogP contribution < -0.4 is 5.32 Å². The monoisotopic (exact) mass is 300 g/mol. The number of nitrogens with one attached hydrogen (secondary N) is 1. The van der Waals surface area contributed by atoms with Gasteiger partial charge in [0.15, 0.2) is 0 Å². The molecule has 0 saturated carbocycles. The molecule has 1 N–H and O–H groups in total. The summed E-state index contributed by atoms with van der Waals surface area (Å²) in [5.41, 5.74) is 2.00. The quantitative estimate of drug-likeness (QED) is 0.937. The molecule has 1 saturated heterocycles. The first-order valence-electron chi connectivity index (χ1n) is 8.03. The van der Waals surface area contributed by atoms with Gasteiger partial charge in [0.2, 0.25) is 5.91 Å². The fourth-order valence-electron chi connectivity index (χ4n) is 3.31. The Labute approximate surface area is 131 Å². The Morgan fingerprint density at radius 1 is 1.32 bits per heavy atom. The molecule has 22 heavy (non-hydrogen) atoms. The third-order valence-corrected chi connectivity index (χ3v) is 4.60. The second-order valence-corrected chi connectivity index (χ2v) is 6.12. The molecule has 1 aliphatic heterocycles. The van der Waals surface area contributed by atoms with Gasteiger partial charge in [-0.15, -0.1) is 0 Å². The molecule has 1 aliphatic rings. The zero-order chi connectivity index (χ0) is 15.5. The highest BCUT2D eigenvalue weighted by Gasteiger charge is 2.23. The molecule has 1 amide bonds. The van der Waals surface area contributed by atoms with E-state index in [9.17, 15) is 4.79 Å². The van der Waals surface area contributed by atoms with Crippen molar-refractivity contribution in [3.63, 3.8) is 0 Å². The van der Waals surface area contributed by atoms with Gasteiger partial charge in [0.05, 0.1) is 11.0 Å². The molecule has 5 nitrogen and oxygen atoms in total. The van der Waals surface area contributed by atoms with Crippen LogP contribution in [0.5, 0.6) is 0 Å². The van der Waals surface area contributed by atoms with Gasteiger partial charge in [0.25, 0.3) is 0 Å². The summed E-state index contributed by atoms with van der Waals surface area (Å²) < 4.78 is 2.03. The van der Waals surface area contributed by atoms with Crippen molar-refractivity contribution in [3.05, 3.63) is 30.1 Å². The molecule has 1 aromatic carbocycles. The van der Waals surface area contributed by atoms with Crippen molar-refractivity contribution in [2.24, 2.45) is 5.92 Å². The second kappa shape index (κ2) is 6.48. The van der Waals surface area contributed by atoms with Crippen molar-refractivity contribution in [1.29, 1.82) is 0 Å². The number of imidazole rings is 1. The number of carbonyl (C=O) groups is 1. The van der Waals surface area contributed by atoms with Crippen LogP contribution in [0.15, 0.2) is 24.3 Å². The number of hydrogen-bond donors (Lipinski definition) is 1. The lowest BCUT2D eigenvalue weighted by Gasteiger charge is -2.32. The Balaban J connectivity index is 1.68. The molecule has 0 spiro atoms. The predicted octanol–water partition coefficient (Wildman–Crippen LogP) is 1.80. The van der Waals surface area contributed by atoms with Crippen LogP contribution in [-0.4, -0.2) is 47.0 Å². The van der Waals surface area contributed by atoms with Gasteiger partial charge in [-0.2, -0.15) is 0 Å². The molecule has 2 heterocycles. The first-order valence-corrected chi connectivity index (χ1v) is 8.03. The van der Waals surface area contributed by atoms with E-state index in [2.05, 4.69) is 10.3 Å². The number of piperidine rings is 1. The summed E-state index contributed by atoms with van der Waals surface area (Å²) >= 11 is 0. The molecule has 3 rings (SSSR count). The van der Waals surface area contributed by atoms with Crippen LogP contribution >= 0.6 is 0 Å². The van der Waals surface area contributed by atoms with Crippen LogP contribution in [0.25, 0.3) is 11.0 Å². The number of fused-ring (bicyclic) bond motifs is 1. The minimum atomic E-state index is 0.203. The van der Waals surface area contributed by atoms with E-state index in [1.807, 2.05) is 47.7 Å². The fraction of sp³-hybridized carbons (Fsp3) is 0.529. The first kappa shape index (κ1) is 15.0. The van der Waals surface area contributed by atoms with Crippen molar-refractivity contribution in [3.8, 4) is 0 Å². The number of aromatic nitrogens is 2. The second-order valence-electron chi connectivity index (χ2n) is 6.12.